The van der Waals surface area contributed by atoms with Crippen LogP contribution in [0.4, 0.5) is 0 Å². The summed E-state index contributed by atoms with van der Waals surface area (Å²) in [4.78, 5) is 29.9. The predicted octanol–water partition coefficient (Wildman–Crippen LogP) is 1.54. The van der Waals surface area contributed by atoms with E-state index in [0.717, 1.165) is 5.69 Å². The smallest absolute Gasteiger partial charge is 0.260 e. The Morgan fingerprint density at radius 1 is 1.21 bits per heavy atom. The van der Waals surface area contributed by atoms with E-state index >= 15 is 0 Å². The van der Waals surface area contributed by atoms with Crippen molar-refractivity contribution in [3.05, 3.63) is 76.0 Å². The van der Waals surface area contributed by atoms with Gasteiger partial charge in [0.2, 0.25) is 0 Å². The molecule has 7 heteroatoms. The Morgan fingerprint density at radius 2 is 1.96 bits per heavy atom. The fourth-order valence-corrected chi connectivity index (χ4v) is 2.31. The lowest BCUT2D eigenvalue weighted by Gasteiger charge is -2.15. The maximum atomic E-state index is 12.4. The van der Waals surface area contributed by atoms with E-state index in [9.17, 15) is 9.59 Å². The Labute approximate surface area is 138 Å². The molecule has 0 aliphatic carbocycles. The van der Waals surface area contributed by atoms with Crippen LogP contribution in [0, 0.1) is 6.92 Å². The number of para-hydroxylation sites is 1. The number of aromatic nitrogens is 4. The SMILES string of the molecule is Cc1ccc(C(=O)N(C)Cc2cnn(-c3ccccc3)n2)c(=O)[nH]1. The molecule has 0 spiro atoms. The van der Waals surface area contributed by atoms with Gasteiger partial charge in [-0.2, -0.15) is 15.0 Å². The molecule has 7 nitrogen and oxygen atoms in total. The van der Waals surface area contributed by atoms with Crippen molar-refractivity contribution in [3.8, 4) is 5.69 Å². The molecule has 3 rings (SSSR count). The molecule has 2 aromatic heterocycles. The Hall–Kier alpha value is -3.22. The second kappa shape index (κ2) is 6.49. The number of H-pyrrole nitrogens is 1. The van der Waals surface area contributed by atoms with Gasteiger partial charge in [-0.05, 0) is 31.2 Å². The van der Waals surface area contributed by atoms with Crippen molar-refractivity contribution >= 4 is 5.91 Å². The quantitative estimate of drug-likeness (QED) is 0.789. The van der Waals surface area contributed by atoms with Crippen LogP contribution in [0.25, 0.3) is 5.69 Å². The summed E-state index contributed by atoms with van der Waals surface area (Å²) in [5.41, 5.74) is 1.91. The molecule has 24 heavy (non-hydrogen) atoms. The van der Waals surface area contributed by atoms with Gasteiger partial charge in [-0.3, -0.25) is 9.59 Å². The molecule has 0 aliphatic rings. The third-order valence-corrected chi connectivity index (χ3v) is 3.56. The Kier molecular flexibility index (Phi) is 4.24. The van der Waals surface area contributed by atoms with Gasteiger partial charge in [-0.25, -0.2) is 0 Å². The number of nitrogens with one attached hydrogen (secondary N) is 1. The molecule has 0 radical (unpaired) electrons. The molecule has 0 saturated carbocycles. The topological polar surface area (TPSA) is 83.9 Å². The molecule has 2 heterocycles. The highest BCUT2D eigenvalue weighted by atomic mass is 16.2. The summed E-state index contributed by atoms with van der Waals surface area (Å²) < 4.78 is 0. The molecule has 1 aromatic carbocycles. The average molecular weight is 323 g/mol. The molecule has 3 aromatic rings. The summed E-state index contributed by atoms with van der Waals surface area (Å²) in [5.74, 6) is -0.356. The largest absolute Gasteiger partial charge is 0.335 e. The first-order chi connectivity index (χ1) is 11.5. The first-order valence-corrected chi connectivity index (χ1v) is 7.46. The first kappa shape index (κ1) is 15.7. The lowest BCUT2D eigenvalue weighted by molar-refractivity contribution is 0.0781. The van der Waals surface area contributed by atoms with Gasteiger partial charge in [-0.15, -0.1) is 0 Å². The van der Waals surface area contributed by atoms with Gasteiger partial charge >= 0.3 is 0 Å². The van der Waals surface area contributed by atoms with Crippen molar-refractivity contribution in [2.45, 2.75) is 13.5 Å². The summed E-state index contributed by atoms with van der Waals surface area (Å²) >= 11 is 0. The molecule has 122 valence electrons. The minimum Gasteiger partial charge on any atom is -0.335 e. The van der Waals surface area contributed by atoms with E-state index in [1.807, 2.05) is 30.3 Å². The van der Waals surface area contributed by atoms with Gasteiger partial charge < -0.3 is 9.88 Å². The Balaban J connectivity index is 1.75. The number of benzene rings is 1. The highest BCUT2D eigenvalue weighted by Gasteiger charge is 2.17. The molecule has 1 N–H and O–H groups in total. The number of pyridine rings is 1. The fraction of sp³-hybridized carbons (Fsp3) is 0.176. The van der Waals surface area contributed by atoms with E-state index in [1.165, 1.54) is 15.8 Å². The van der Waals surface area contributed by atoms with Crippen LogP contribution in [-0.4, -0.2) is 37.8 Å². The van der Waals surface area contributed by atoms with Crippen molar-refractivity contribution in [1.29, 1.82) is 0 Å². The van der Waals surface area contributed by atoms with Crippen molar-refractivity contribution in [2.75, 3.05) is 7.05 Å². The average Bonchev–Trinajstić information content (AvgIpc) is 3.03. The van der Waals surface area contributed by atoms with Crippen molar-refractivity contribution in [2.24, 2.45) is 0 Å². The molecule has 0 unspecified atom stereocenters. The van der Waals surface area contributed by atoms with Gasteiger partial charge in [0.05, 0.1) is 18.4 Å². The van der Waals surface area contributed by atoms with Crippen LogP contribution in [0.1, 0.15) is 21.7 Å². The highest BCUT2D eigenvalue weighted by Crippen LogP contribution is 2.07. The zero-order chi connectivity index (χ0) is 17.1. The van der Waals surface area contributed by atoms with E-state index in [4.69, 9.17) is 0 Å². The number of carbonyl (C=O) groups excluding carboxylic acids is 1. The highest BCUT2D eigenvalue weighted by molar-refractivity contribution is 5.93. The zero-order valence-electron chi connectivity index (χ0n) is 13.4. The summed E-state index contributed by atoms with van der Waals surface area (Å²) in [6, 6.07) is 12.7. The molecule has 1 amide bonds. The number of hydrogen-bond acceptors (Lipinski definition) is 4. The molecule has 0 bridgehead atoms. The van der Waals surface area contributed by atoms with E-state index < -0.39 is 0 Å². The summed E-state index contributed by atoms with van der Waals surface area (Å²) in [6.45, 7) is 2.03. The van der Waals surface area contributed by atoms with E-state index in [2.05, 4.69) is 15.2 Å². The minimum absolute atomic E-state index is 0.110. The van der Waals surface area contributed by atoms with Crippen LogP contribution in [-0.2, 0) is 6.54 Å². The number of aryl methyl sites for hydroxylation is 1. The second-order valence-electron chi connectivity index (χ2n) is 5.51. The van der Waals surface area contributed by atoms with Crippen LogP contribution in [0.5, 0.6) is 0 Å². The number of carbonyl (C=O) groups is 1. The lowest BCUT2D eigenvalue weighted by Crippen LogP contribution is -2.31. The fourth-order valence-electron chi connectivity index (χ4n) is 2.31. The van der Waals surface area contributed by atoms with Gasteiger partial charge in [0.1, 0.15) is 11.3 Å². The van der Waals surface area contributed by atoms with Crippen molar-refractivity contribution < 1.29 is 4.79 Å². The van der Waals surface area contributed by atoms with Gasteiger partial charge in [0, 0.05) is 12.7 Å². The third-order valence-electron chi connectivity index (χ3n) is 3.56. The molecule has 0 aliphatic heterocycles. The predicted molar refractivity (Wildman–Crippen MR) is 89.0 cm³/mol. The molecular weight excluding hydrogens is 306 g/mol. The first-order valence-electron chi connectivity index (χ1n) is 7.46. The van der Waals surface area contributed by atoms with Crippen LogP contribution in [0.2, 0.25) is 0 Å². The number of nitrogens with zero attached hydrogens (tertiary/aromatic N) is 4. The van der Waals surface area contributed by atoms with Crippen LogP contribution in [0.15, 0.2) is 53.5 Å². The zero-order valence-corrected chi connectivity index (χ0v) is 13.4. The van der Waals surface area contributed by atoms with Crippen molar-refractivity contribution in [1.82, 2.24) is 24.9 Å². The Morgan fingerprint density at radius 3 is 2.67 bits per heavy atom. The molecule has 0 atom stereocenters. The lowest BCUT2D eigenvalue weighted by atomic mass is 10.2. The van der Waals surface area contributed by atoms with Crippen LogP contribution >= 0.6 is 0 Å². The monoisotopic (exact) mass is 323 g/mol. The molecule has 0 saturated heterocycles. The number of hydrogen-bond donors (Lipinski definition) is 1. The summed E-state index contributed by atoms with van der Waals surface area (Å²) in [7, 11) is 1.63. The molecule has 0 fully saturated rings. The van der Waals surface area contributed by atoms with Crippen LogP contribution < -0.4 is 5.56 Å². The van der Waals surface area contributed by atoms with Gasteiger partial charge in [-0.1, -0.05) is 18.2 Å². The van der Waals surface area contributed by atoms with Crippen molar-refractivity contribution in [3.63, 3.8) is 0 Å². The van der Waals surface area contributed by atoms with E-state index in [-0.39, 0.29) is 23.6 Å². The molecular formula is C17H17N5O2. The Bertz CT molecular complexity index is 914. The minimum atomic E-state index is -0.389. The summed E-state index contributed by atoms with van der Waals surface area (Å²) in [6.07, 6.45) is 1.61. The van der Waals surface area contributed by atoms with Gasteiger partial charge in [0.25, 0.3) is 11.5 Å². The second-order valence-corrected chi connectivity index (χ2v) is 5.51. The maximum Gasteiger partial charge on any atom is 0.260 e. The van der Waals surface area contributed by atoms with Gasteiger partial charge in [0.15, 0.2) is 0 Å². The standard InChI is InChI=1S/C17H17N5O2/c1-12-8-9-15(16(23)19-12)17(24)21(2)11-13-10-18-22(20-13)14-6-4-3-5-7-14/h3-10H,11H2,1-2H3,(H,19,23). The number of amides is 1. The van der Waals surface area contributed by atoms with E-state index in [1.54, 1.807) is 26.2 Å². The third kappa shape index (κ3) is 3.24. The maximum absolute atomic E-state index is 12.4. The number of aromatic amines is 1. The van der Waals surface area contributed by atoms with E-state index in [0.29, 0.717) is 11.4 Å². The summed E-state index contributed by atoms with van der Waals surface area (Å²) in [5, 5.41) is 8.56. The van der Waals surface area contributed by atoms with Crippen LogP contribution in [0.3, 0.4) is 0 Å². The normalized spacial score (nSPS) is 10.6. The number of rotatable bonds is 4.